The summed E-state index contributed by atoms with van der Waals surface area (Å²) in [5.74, 6) is -0.176. The Hall–Kier alpha value is -4.09. The van der Waals surface area contributed by atoms with Crippen LogP contribution < -0.4 is 0 Å². The SMILES string of the molecule is COC(=O)CCCCCCCCO[C@H]1O[C@@H]2COC(c3ccccc3)O[C@H]2[C@H](OC)[C@H]1O[C@H]1O[C@H](CO)[C@@H](OCc2ccccc2)[C@H](OCc2ccccc2)[C@H]1OCc1ccccc1. The summed E-state index contributed by atoms with van der Waals surface area (Å²) in [6, 6.07) is 39.4. The molecule has 0 spiro atoms. The maximum absolute atomic E-state index is 11.5. The molecule has 0 saturated carbocycles. The number of fused-ring (bicyclic) bond motifs is 1. The molecule has 4 aromatic rings. The van der Waals surface area contributed by atoms with Crippen molar-refractivity contribution in [1.29, 1.82) is 0 Å². The smallest absolute Gasteiger partial charge is 0.305 e. The van der Waals surface area contributed by atoms with Gasteiger partial charge in [-0.25, -0.2) is 0 Å². The van der Waals surface area contributed by atoms with Crippen LogP contribution >= 0.6 is 0 Å². The van der Waals surface area contributed by atoms with E-state index in [1.165, 1.54) is 7.11 Å². The lowest BCUT2D eigenvalue weighted by Gasteiger charge is -2.51. The van der Waals surface area contributed by atoms with Crippen LogP contribution in [0.25, 0.3) is 0 Å². The van der Waals surface area contributed by atoms with E-state index in [-0.39, 0.29) is 39.0 Å². The molecule has 13 heteroatoms. The van der Waals surface area contributed by atoms with Crippen LogP contribution in [0.4, 0.5) is 0 Å². The largest absolute Gasteiger partial charge is 0.469 e. The third-order valence-electron chi connectivity index (χ3n) is 11.8. The average molecular weight is 885 g/mol. The first-order valence-corrected chi connectivity index (χ1v) is 22.6. The molecule has 3 heterocycles. The molecule has 3 fully saturated rings. The number of carbonyl (C=O) groups is 1. The molecule has 3 aliphatic heterocycles. The zero-order valence-corrected chi connectivity index (χ0v) is 36.9. The van der Waals surface area contributed by atoms with Crippen LogP contribution in [0.5, 0.6) is 0 Å². The van der Waals surface area contributed by atoms with Gasteiger partial charge in [-0.1, -0.05) is 147 Å². The van der Waals surface area contributed by atoms with Crippen molar-refractivity contribution >= 4 is 5.97 Å². The van der Waals surface area contributed by atoms with Gasteiger partial charge < -0.3 is 57.2 Å². The number of methoxy groups -OCH3 is 2. The van der Waals surface area contributed by atoms with Gasteiger partial charge in [0.05, 0.1) is 40.1 Å². The van der Waals surface area contributed by atoms with Crippen molar-refractivity contribution in [2.45, 2.75) is 132 Å². The van der Waals surface area contributed by atoms with Crippen LogP contribution in [-0.2, 0) is 76.7 Å². The number of benzene rings is 4. The Labute approximate surface area is 377 Å². The Kier molecular flexibility index (Phi) is 19.1. The van der Waals surface area contributed by atoms with Crippen molar-refractivity contribution < 1.29 is 62.0 Å². The van der Waals surface area contributed by atoms with Gasteiger partial charge in [0.2, 0.25) is 0 Å². The van der Waals surface area contributed by atoms with E-state index in [1.807, 2.05) is 121 Å². The fourth-order valence-corrected chi connectivity index (χ4v) is 8.41. The van der Waals surface area contributed by atoms with E-state index < -0.39 is 67.7 Å². The zero-order valence-electron chi connectivity index (χ0n) is 36.9. The highest BCUT2D eigenvalue weighted by Gasteiger charge is 2.55. The zero-order chi connectivity index (χ0) is 44.4. The first kappa shape index (κ1) is 47.9. The number of carbonyl (C=O) groups excluding carboxylic acids is 1. The van der Waals surface area contributed by atoms with E-state index in [0.717, 1.165) is 60.8 Å². The molecule has 0 aliphatic carbocycles. The summed E-state index contributed by atoms with van der Waals surface area (Å²) < 4.78 is 71.3. The van der Waals surface area contributed by atoms with Gasteiger partial charge in [-0.05, 0) is 29.5 Å². The molecule has 3 saturated heterocycles. The minimum Gasteiger partial charge on any atom is -0.469 e. The Morgan fingerprint density at radius 2 is 1.12 bits per heavy atom. The number of aliphatic hydroxyl groups excluding tert-OH is 1. The number of esters is 1. The van der Waals surface area contributed by atoms with Crippen molar-refractivity contribution in [2.24, 2.45) is 0 Å². The van der Waals surface area contributed by atoms with Crippen LogP contribution in [0.1, 0.15) is 73.5 Å². The first-order chi connectivity index (χ1) is 31.5. The fourth-order valence-electron chi connectivity index (χ4n) is 8.41. The van der Waals surface area contributed by atoms with Gasteiger partial charge in [-0.3, -0.25) is 4.79 Å². The highest BCUT2D eigenvalue weighted by atomic mass is 16.8. The van der Waals surface area contributed by atoms with Crippen LogP contribution in [0.15, 0.2) is 121 Å². The minimum absolute atomic E-state index is 0.176. The summed E-state index contributed by atoms with van der Waals surface area (Å²) in [6.45, 7) is 0.979. The van der Waals surface area contributed by atoms with Crippen LogP contribution in [0.3, 0.4) is 0 Å². The second kappa shape index (κ2) is 25.6. The Morgan fingerprint density at radius 1 is 0.578 bits per heavy atom. The highest BCUT2D eigenvalue weighted by molar-refractivity contribution is 5.68. The molecule has 64 heavy (non-hydrogen) atoms. The van der Waals surface area contributed by atoms with Gasteiger partial charge >= 0.3 is 5.97 Å². The number of ether oxygens (including phenoxy) is 11. The highest BCUT2D eigenvalue weighted by Crippen LogP contribution is 2.39. The third-order valence-corrected chi connectivity index (χ3v) is 11.8. The maximum Gasteiger partial charge on any atom is 0.305 e. The maximum atomic E-state index is 11.5. The quantitative estimate of drug-likeness (QED) is 0.0546. The fraction of sp³-hybridized carbons (Fsp3) is 0.510. The van der Waals surface area contributed by atoms with Gasteiger partial charge in [-0.2, -0.15) is 0 Å². The van der Waals surface area contributed by atoms with Crippen molar-refractivity contribution in [3.8, 4) is 0 Å². The van der Waals surface area contributed by atoms with Crippen LogP contribution in [0.2, 0.25) is 0 Å². The standard InChI is InChI=1S/C51H64O13/c1-54-42(53)29-19-5-3-4-6-20-30-56-50-48(45(55-2)44-41(62-50)35-60-49(63-44)39-27-17-10-18-28-39)64-51-47(59-34-38-25-15-9-16-26-38)46(58-33-37-23-13-8-14-24-37)43(40(31-52)61-51)57-32-36-21-11-7-12-22-36/h7-18,21-28,40-41,43-52H,3-6,19-20,29-35H2,1-2H3/t40-,41-,43-,44-,45+,46+,47-,48-,49?,50+,51-/m1/s1. The molecule has 0 amide bonds. The number of unbranched alkanes of at least 4 members (excludes halogenated alkanes) is 5. The number of hydrogen-bond donors (Lipinski definition) is 1. The number of aliphatic hydroxyl groups is 1. The van der Waals surface area contributed by atoms with E-state index in [9.17, 15) is 9.90 Å². The molecular weight excluding hydrogens is 821 g/mol. The second-order valence-electron chi connectivity index (χ2n) is 16.3. The monoisotopic (exact) mass is 884 g/mol. The molecule has 11 atom stereocenters. The predicted molar refractivity (Wildman–Crippen MR) is 235 cm³/mol. The number of rotatable bonds is 24. The summed E-state index contributed by atoms with van der Waals surface area (Å²) in [6.07, 6.45) is -2.71. The van der Waals surface area contributed by atoms with E-state index in [2.05, 4.69) is 0 Å². The Morgan fingerprint density at radius 3 is 1.70 bits per heavy atom. The molecular formula is C51H64O13. The van der Waals surface area contributed by atoms with Crippen LogP contribution in [0, 0.1) is 0 Å². The summed E-state index contributed by atoms with van der Waals surface area (Å²) in [5, 5.41) is 11.0. The van der Waals surface area contributed by atoms with Crippen LogP contribution in [-0.4, -0.2) is 107 Å². The molecule has 1 N–H and O–H groups in total. The molecule has 346 valence electrons. The molecule has 4 aromatic carbocycles. The van der Waals surface area contributed by atoms with Gasteiger partial charge in [0.25, 0.3) is 0 Å². The van der Waals surface area contributed by atoms with E-state index in [1.54, 1.807) is 7.11 Å². The third kappa shape index (κ3) is 13.5. The molecule has 0 aromatic heterocycles. The lowest BCUT2D eigenvalue weighted by atomic mass is 9.95. The molecule has 0 radical (unpaired) electrons. The summed E-state index contributed by atoms with van der Waals surface area (Å²) in [4.78, 5) is 11.5. The lowest BCUT2D eigenvalue weighted by molar-refractivity contribution is -0.399. The van der Waals surface area contributed by atoms with Crippen molar-refractivity contribution in [3.63, 3.8) is 0 Å². The predicted octanol–water partition coefficient (Wildman–Crippen LogP) is 7.62. The van der Waals surface area contributed by atoms with Gasteiger partial charge in [-0.15, -0.1) is 0 Å². The summed E-state index contributed by atoms with van der Waals surface area (Å²) in [7, 11) is 3.04. The lowest BCUT2D eigenvalue weighted by Crippen LogP contribution is -2.67. The summed E-state index contributed by atoms with van der Waals surface area (Å²) >= 11 is 0. The average Bonchev–Trinajstić information content (AvgIpc) is 3.35. The van der Waals surface area contributed by atoms with E-state index in [0.29, 0.717) is 13.0 Å². The number of hydrogen-bond acceptors (Lipinski definition) is 13. The Bertz CT molecular complexity index is 1890. The minimum atomic E-state index is -1.11. The molecule has 1 unspecified atom stereocenters. The summed E-state index contributed by atoms with van der Waals surface area (Å²) in [5.41, 5.74) is 3.73. The van der Waals surface area contributed by atoms with Crippen molar-refractivity contribution in [1.82, 2.24) is 0 Å². The van der Waals surface area contributed by atoms with E-state index >= 15 is 0 Å². The van der Waals surface area contributed by atoms with Gasteiger partial charge in [0.1, 0.15) is 48.8 Å². The molecule has 0 bridgehead atoms. The van der Waals surface area contributed by atoms with E-state index in [4.69, 9.17) is 52.1 Å². The first-order valence-electron chi connectivity index (χ1n) is 22.6. The van der Waals surface area contributed by atoms with Crippen molar-refractivity contribution in [3.05, 3.63) is 144 Å². The van der Waals surface area contributed by atoms with Gasteiger partial charge in [0.15, 0.2) is 18.9 Å². The topological polar surface area (TPSA) is 139 Å². The normalized spacial score (nSPS) is 28.0. The molecule has 3 aliphatic rings. The molecule has 7 rings (SSSR count). The second-order valence-corrected chi connectivity index (χ2v) is 16.3. The Balaban J connectivity index is 1.15. The van der Waals surface area contributed by atoms with Gasteiger partial charge in [0, 0.05) is 25.7 Å². The van der Waals surface area contributed by atoms with Crippen molar-refractivity contribution in [2.75, 3.05) is 34.0 Å². The molecule has 13 nitrogen and oxygen atoms in total.